The van der Waals surface area contributed by atoms with Crippen LogP contribution in [0.25, 0.3) is 0 Å². The van der Waals surface area contributed by atoms with Crippen LogP contribution in [-0.4, -0.2) is 38.5 Å². The average Bonchev–Trinajstić information content (AvgIpc) is 3.27. The fourth-order valence-electron chi connectivity index (χ4n) is 2.87. The van der Waals surface area contributed by atoms with Gasteiger partial charge in [0.1, 0.15) is 0 Å². The molecule has 3 rings (SSSR count). The summed E-state index contributed by atoms with van der Waals surface area (Å²) in [7, 11) is 0. The maximum absolute atomic E-state index is 12.4. The molecule has 1 N–H and O–H groups in total. The third kappa shape index (κ3) is 3.72. The molecule has 7 nitrogen and oxygen atoms in total. The van der Waals surface area contributed by atoms with Crippen molar-refractivity contribution in [1.82, 2.24) is 25.2 Å². The topological polar surface area (TPSA) is 76.2 Å². The molecule has 1 aliphatic heterocycles. The summed E-state index contributed by atoms with van der Waals surface area (Å²) >= 11 is 0. The summed E-state index contributed by atoms with van der Waals surface area (Å²) in [6.07, 6.45) is 5.72. The zero-order chi connectivity index (χ0) is 16.2. The second-order valence-corrected chi connectivity index (χ2v) is 6.25. The second-order valence-electron chi connectivity index (χ2n) is 6.25. The standard InChI is InChI=1S/C16H23N5O2/c1-12(2)15-9-14(23-19-15)10-17-16(22)21-8-3-5-13(21)11-20-7-4-6-18-20/h4,6-7,9,12-13H,3,5,8,10-11H2,1-2H3,(H,17,22)/t13-/m1/s1. The Morgan fingerprint density at radius 3 is 3.09 bits per heavy atom. The minimum absolute atomic E-state index is 0.0536. The number of urea groups is 1. The van der Waals surface area contributed by atoms with Crippen LogP contribution in [0.3, 0.4) is 0 Å². The molecule has 0 spiro atoms. The number of nitrogens with zero attached hydrogens (tertiary/aromatic N) is 4. The first-order valence-electron chi connectivity index (χ1n) is 8.11. The molecule has 2 aromatic rings. The van der Waals surface area contributed by atoms with E-state index in [1.54, 1.807) is 6.20 Å². The van der Waals surface area contributed by atoms with Gasteiger partial charge in [-0.2, -0.15) is 5.10 Å². The third-order valence-electron chi connectivity index (χ3n) is 4.18. The van der Waals surface area contributed by atoms with E-state index < -0.39 is 0 Å². The van der Waals surface area contributed by atoms with E-state index in [1.165, 1.54) is 0 Å². The van der Waals surface area contributed by atoms with Crippen molar-refractivity contribution in [3.8, 4) is 0 Å². The number of aromatic nitrogens is 3. The van der Waals surface area contributed by atoms with Gasteiger partial charge in [-0.15, -0.1) is 0 Å². The fraction of sp³-hybridized carbons (Fsp3) is 0.562. The van der Waals surface area contributed by atoms with E-state index in [4.69, 9.17) is 4.52 Å². The minimum atomic E-state index is -0.0536. The Morgan fingerprint density at radius 2 is 2.39 bits per heavy atom. The van der Waals surface area contributed by atoms with E-state index in [0.29, 0.717) is 18.2 Å². The van der Waals surface area contributed by atoms with Gasteiger partial charge in [0, 0.05) is 25.0 Å². The molecule has 0 unspecified atom stereocenters. The molecule has 7 heteroatoms. The van der Waals surface area contributed by atoms with Crippen LogP contribution in [0, 0.1) is 0 Å². The normalized spacial score (nSPS) is 17.9. The predicted molar refractivity (Wildman–Crippen MR) is 84.8 cm³/mol. The number of amides is 2. The lowest BCUT2D eigenvalue weighted by atomic mass is 10.1. The summed E-state index contributed by atoms with van der Waals surface area (Å²) in [5.74, 6) is 1.00. The van der Waals surface area contributed by atoms with E-state index in [2.05, 4.69) is 29.4 Å². The Bertz CT molecular complexity index is 635. The Hall–Kier alpha value is -2.31. The van der Waals surface area contributed by atoms with Gasteiger partial charge in [-0.05, 0) is 24.8 Å². The van der Waals surface area contributed by atoms with Crippen LogP contribution in [0.1, 0.15) is 44.1 Å². The number of likely N-dealkylation sites (tertiary alicyclic amines) is 1. The van der Waals surface area contributed by atoms with Crippen molar-refractivity contribution in [2.75, 3.05) is 6.54 Å². The van der Waals surface area contributed by atoms with Gasteiger partial charge in [-0.1, -0.05) is 19.0 Å². The van der Waals surface area contributed by atoms with Crippen LogP contribution < -0.4 is 5.32 Å². The van der Waals surface area contributed by atoms with Crippen LogP contribution in [-0.2, 0) is 13.1 Å². The number of nitrogens with one attached hydrogen (secondary N) is 1. The Morgan fingerprint density at radius 1 is 1.52 bits per heavy atom. The summed E-state index contributed by atoms with van der Waals surface area (Å²) in [5, 5.41) is 11.2. The van der Waals surface area contributed by atoms with Gasteiger partial charge in [-0.25, -0.2) is 4.79 Å². The zero-order valence-electron chi connectivity index (χ0n) is 13.6. The highest BCUT2D eigenvalue weighted by atomic mass is 16.5. The van der Waals surface area contributed by atoms with E-state index in [-0.39, 0.29) is 12.1 Å². The summed E-state index contributed by atoms with van der Waals surface area (Å²) in [6.45, 7) is 6.00. The van der Waals surface area contributed by atoms with Crippen LogP contribution >= 0.6 is 0 Å². The Balaban J connectivity index is 1.54. The van der Waals surface area contributed by atoms with Gasteiger partial charge >= 0.3 is 6.03 Å². The highest BCUT2D eigenvalue weighted by Crippen LogP contribution is 2.19. The summed E-state index contributed by atoms with van der Waals surface area (Å²) in [5.41, 5.74) is 0.909. The summed E-state index contributed by atoms with van der Waals surface area (Å²) in [6, 6.07) is 3.93. The van der Waals surface area contributed by atoms with Crippen LogP contribution in [0.2, 0.25) is 0 Å². The first-order valence-corrected chi connectivity index (χ1v) is 8.11. The number of carbonyl (C=O) groups is 1. The first kappa shape index (κ1) is 15.6. The van der Waals surface area contributed by atoms with Crippen molar-refractivity contribution in [3.63, 3.8) is 0 Å². The number of rotatable bonds is 5. The first-order chi connectivity index (χ1) is 11.1. The molecule has 1 fully saturated rings. The van der Waals surface area contributed by atoms with Crippen LogP contribution in [0.5, 0.6) is 0 Å². The Kier molecular flexibility index (Phi) is 4.64. The Labute approximate surface area is 135 Å². The van der Waals surface area contributed by atoms with E-state index in [9.17, 15) is 4.79 Å². The predicted octanol–water partition coefficient (Wildman–Crippen LogP) is 2.37. The SMILES string of the molecule is CC(C)c1cc(CNC(=O)N2CCC[C@@H]2Cn2cccn2)on1. The molecule has 23 heavy (non-hydrogen) atoms. The number of hydrogen-bond acceptors (Lipinski definition) is 4. The monoisotopic (exact) mass is 317 g/mol. The highest BCUT2D eigenvalue weighted by Gasteiger charge is 2.29. The van der Waals surface area contributed by atoms with E-state index in [1.807, 2.05) is 27.9 Å². The van der Waals surface area contributed by atoms with Crippen molar-refractivity contribution in [3.05, 3.63) is 36.0 Å². The van der Waals surface area contributed by atoms with Crippen molar-refractivity contribution in [2.45, 2.75) is 51.7 Å². The van der Waals surface area contributed by atoms with Gasteiger partial charge < -0.3 is 14.7 Å². The van der Waals surface area contributed by atoms with Crippen LogP contribution in [0.4, 0.5) is 4.79 Å². The molecule has 0 bridgehead atoms. The molecule has 0 aliphatic carbocycles. The quantitative estimate of drug-likeness (QED) is 0.918. The molecule has 0 radical (unpaired) electrons. The molecule has 0 saturated carbocycles. The van der Waals surface area contributed by atoms with Crippen LogP contribution in [0.15, 0.2) is 29.0 Å². The molecular formula is C16H23N5O2. The fourth-order valence-corrected chi connectivity index (χ4v) is 2.87. The van der Waals surface area contributed by atoms with Crippen molar-refractivity contribution in [2.24, 2.45) is 0 Å². The highest BCUT2D eigenvalue weighted by molar-refractivity contribution is 5.74. The molecule has 3 heterocycles. The van der Waals surface area contributed by atoms with Gasteiger partial charge in [0.05, 0.1) is 24.8 Å². The molecule has 0 aromatic carbocycles. The van der Waals surface area contributed by atoms with Gasteiger partial charge in [0.2, 0.25) is 0 Å². The smallest absolute Gasteiger partial charge is 0.318 e. The van der Waals surface area contributed by atoms with Gasteiger partial charge in [0.15, 0.2) is 5.76 Å². The second kappa shape index (κ2) is 6.85. The largest absolute Gasteiger partial charge is 0.359 e. The number of carbonyl (C=O) groups excluding carboxylic acids is 1. The lowest BCUT2D eigenvalue weighted by molar-refractivity contribution is 0.184. The molecule has 124 valence electrons. The number of hydrogen-bond donors (Lipinski definition) is 1. The van der Waals surface area contributed by atoms with Crippen molar-refractivity contribution < 1.29 is 9.32 Å². The molecular weight excluding hydrogens is 294 g/mol. The zero-order valence-corrected chi connectivity index (χ0v) is 13.6. The molecule has 1 saturated heterocycles. The maximum Gasteiger partial charge on any atom is 0.318 e. The molecule has 2 aromatic heterocycles. The summed E-state index contributed by atoms with van der Waals surface area (Å²) in [4.78, 5) is 14.3. The average molecular weight is 317 g/mol. The van der Waals surface area contributed by atoms with Gasteiger partial charge in [0.25, 0.3) is 0 Å². The molecule has 2 amide bonds. The van der Waals surface area contributed by atoms with Crippen molar-refractivity contribution in [1.29, 1.82) is 0 Å². The lowest BCUT2D eigenvalue weighted by Crippen LogP contribution is -2.44. The van der Waals surface area contributed by atoms with E-state index in [0.717, 1.165) is 31.6 Å². The summed E-state index contributed by atoms with van der Waals surface area (Å²) < 4.78 is 7.13. The molecule has 1 aliphatic rings. The maximum atomic E-state index is 12.4. The van der Waals surface area contributed by atoms with E-state index >= 15 is 0 Å². The molecule has 1 atom stereocenters. The van der Waals surface area contributed by atoms with Gasteiger partial charge in [-0.3, -0.25) is 4.68 Å². The third-order valence-corrected chi connectivity index (χ3v) is 4.18. The lowest BCUT2D eigenvalue weighted by Gasteiger charge is -2.24. The van der Waals surface area contributed by atoms with Crippen molar-refractivity contribution >= 4 is 6.03 Å². The minimum Gasteiger partial charge on any atom is -0.359 e.